The molecule has 0 aliphatic heterocycles. The molecule has 1 amide bonds. The Balaban J connectivity index is 2.71. The zero-order valence-electron chi connectivity index (χ0n) is 11.3. The van der Waals surface area contributed by atoms with E-state index in [4.69, 9.17) is 11.6 Å². The van der Waals surface area contributed by atoms with Gasteiger partial charge in [-0.15, -0.1) is 0 Å². The molecule has 4 nitrogen and oxygen atoms in total. The Labute approximate surface area is 113 Å². The molecule has 0 unspecified atom stereocenters. The Kier molecular flexibility index (Phi) is 4.96. The van der Waals surface area contributed by atoms with Crippen molar-refractivity contribution < 1.29 is 4.79 Å². The molecule has 1 aromatic rings. The molecule has 1 aromatic heterocycles. The number of pyridine rings is 1. The predicted molar refractivity (Wildman–Crippen MR) is 75.2 cm³/mol. The maximum atomic E-state index is 11.9. The van der Waals surface area contributed by atoms with Gasteiger partial charge in [-0.25, -0.2) is 4.98 Å². The largest absolute Gasteiger partial charge is 0.372 e. The second-order valence-electron chi connectivity index (χ2n) is 5.00. The molecular weight excluding hydrogens is 250 g/mol. The molecule has 0 bridgehead atoms. The van der Waals surface area contributed by atoms with Crippen LogP contribution in [0.2, 0.25) is 5.02 Å². The first-order valence-corrected chi connectivity index (χ1v) is 6.39. The van der Waals surface area contributed by atoms with E-state index in [2.05, 4.69) is 36.4 Å². The number of carbonyl (C=O) groups is 1. The van der Waals surface area contributed by atoms with Gasteiger partial charge in [-0.05, 0) is 17.9 Å². The van der Waals surface area contributed by atoms with Gasteiger partial charge in [0, 0.05) is 19.8 Å². The van der Waals surface area contributed by atoms with Crippen LogP contribution < -0.4 is 10.6 Å². The van der Waals surface area contributed by atoms with Gasteiger partial charge in [0.25, 0.3) is 5.91 Å². The molecule has 5 heteroatoms. The van der Waals surface area contributed by atoms with Crippen molar-refractivity contribution in [1.29, 1.82) is 0 Å². The van der Waals surface area contributed by atoms with Crippen LogP contribution in [-0.4, -0.2) is 24.5 Å². The lowest BCUT2D eigenvalue weighted by molar-refractivity contribution is 0.0935. The Hall–Kier alpha value is -1.29. The molecule has 0 aromatic carbocycles. The number of hydrogen-bond donors (Lipinski definition) is 2. The van der Waals surface area contributed by atoms with Gasteiger partial charge >= 0.3 is 0 Å². The molecular formula is C13H20ClN3O. The maximum absolute atomic E-state index is 11.9. The molecule has 0 radical (unpaired) electrons. The summed E-state index contributed by atoms with van der Waals surface area (Å²) in [6, 6.07) is 1.62. The van der Waals surface area contributed by atoms with Gasteiger partial charge in [0.05, 0.1) is 10.6 Å². The second kappa shape index (κ2) is 6.05. The van der Waals surface area contributed by atoms with Crippen LogP contribution >= 0.6 is 11.6 Å². The number of anilines is 1. The maximum Gasteiger partial charge on any atom is 0.252 e. The molecule has 100 valence electrons. The van der Waals surface area contributed by atoms with Crippen molar-refractivity contribution >= 4 is 23.3 Å². The molecule has 0 atom stereocenters. The fourth-order valence-electron chi connectivity index (χ4n) is 1.29. The molecule has 2 N–H and O–H groups in total. The van der Waals surface area contributed by atoms with E-state index in [9.17, 15) is 4.79 Å². The highest BCUT2D eigenvalue weighted by Crippen LogP contribution is 2.20. The van der Waals surface area contributed by atoms with Crippen molar-refractivity contribution in [2.75, 3.05) is 18.9 Å². The highest BCUT2D eigenvalue weighted by atomic mass is 35.5. The van der Waals surface area contributed by atoms with Crippen LogP contribution in [0.1, 0.15) is 37.6 Å². The van der Waals surface area contributed by atoms with Crippen molar-refractivity contribution in [3.63, 3.8) is 0 Å². The first-order valence-electron chi connectivity index (χ1n) is 6.01. The van der Waals surface area contributed by atoms with Gasteiger partial charge in [0.2, 0.25) is 0 Å². The van der Waals surface area contributed by atoms with Crippen molar-refractivity contribution in [3.8, 4) is 0 Å². The zero-order valence-corrected chi connectivity index (χ0v) is 12.1. The van der Waals surface area contributed by atoms with Crippen molar-refractivity contribution in [2.24, 2.45) is 5.41 Å². The molecule has 0 spiro atoms. The van der Waals surface area contributed by atoms with E-state index >= 15 is 0 Å². The number of carbonyl (C=O) groups excluding carboxylic acids is 1. The van der Waals surface area contributed by atoms with E-state index in [1.807, 2.05) is 0 Å². The lowest BCUT2D eigenvalue weighted by Gasteiger charge is -2.22. The third-order valence-electron chi connectivity index (χ3n) is 3.02. The average molecular weight is 270 g/mol. The van der Waals surface area contributed by atoms with E-state index in [0.717, 1.165) is 6.42 Å². The standard InChI is InChI=1S/C13H20ClN3O/c1-5-13(2,3)8-17-12(18)9-6-10(14)11(15-4)16-7-9/h6-7H,5,8H2,1-4H3,(H,15,16)(H,17,18). The van der Waals surface area contributed by atoms with Gasteiger partial charge in [-0.1, -0.05) is 32.4 Å². The van der Waals surface area contributed by atoms with Crippen LogP contribution in [0.15, 0.2) is 12.3 Å². The van der Waals surface area contributed by atoms with Crippen molar-refractivity contribution in [3.05, 3.63) is 22.8 Å². The van der Waals surface area contributed by atoms with E-state index < -0.39 is 0 Å². The van der Waals surface area contributed by atoms with Crippen LogP contribution in [0.5, 0.6) is 0 Å². The molecule has 0 saturated heterocycles. The van der Waals surface area contributed by atoms with E-state index in [-0.39, 0.29) is 11.3 Å². The predicted octanol–water partition coefficient (Wildman–Crippen LogP) is 2.94. The normalized spacial score (nSPS) is 11.2. The minimum Gasteiger partial charge on any atom is -0.372 e. The Morgan fingerprint density at radius 2 is 2.17 bits per heavy atom. The molecule has 1 rings (SSSR count). The Morgan fingerprint density at radius 3 is 2.67 bits per heavy atom. The Bertz CT molecular complexity index is 432. The summed E-state index contributed by atoms with van der Waals surface area (Å²) in [5.41, 5.74) is 0.573. The minimum atomic E-state index is -0.145. The van der Waals surface area contributed by atoms with Crippen LogP contribution in [0.3, 0.4) is 0 Å². The number of rotatable bonds is 5. The first kappa shape index (κ1) is 14.8. The highest BCUT2D eigenvalue weighted by molar-refractivity contribution is 6.33. The molecule has 0 fully saturated rings. The number of nitrogens with zero attached hydrogens (tertiary/aromatic N) is 1. The number of nitrogens with one attached hydrogen (secondary N) is 2. The number of hydrogen-bond acceptors (Lipinski definition) is 3. The molecule has 1 heterocycles. The van der Waals surface area contributed by atoms with Crippen LogP contribution in [0.4, 0.5) is 5.82 Å². The van der Waals surface area contributed by atoms with E-state index in [0.29, 0.717) is 22.9 Å². The SMILES string of the molecule is CCC(C)(C)CNC(=O)c1cnc(NC)c(Cl)c1. The summed E-state index contributed by atoms with van der Waals surface area (Å²) in [5.74, 6) is 0.427. The molecule has 18 heavy (non-hydrogen) atoms. The third kappa shape index (κ3) is 3.88. The summed E-state index contributed by atoms with van der Waals surface area (Å²) in [7, 11) is 1.73. The summed E-state index contributed by atoms with van der Waals surface area (Å²) >= 11 is 5.99. The quantitative estimate of drug-likeness (QED) is 0.864. The number of halogens is 1. The van der Waals surface area contributed by atoms with E-state index in [1.54, 1.807) is 13.1 Å². The monoisotopic (exact) mass is 269 g/mol. The topological polar surface area (TPSA) is 54.0 Å². The smallest absolute Gasteiger partial charge is 0.252 e. The van der Waals surface area contributed by atoms with Crippen LogP contribution in [0, 0.1) is 5.41 Å². The lowest BCUT2D eigenvalue weighted by Crippen LogP contribution is -2.33. The molecule has 0 saturated carbocycles. The first-order chi connectivity index (χ1) is 8.39. The van der Waals surface area contributed by atoms with Gasteiger partial charge in [0.1, 0.15) is 5.82 Å². The number of aromatic nitrogens is 1. The fourth-order valence-corrected chi connectivity index (χ4v) is 1.55. The van der Waals surface area contributed by atoms with Gasteiger partial charge in [-0.3, -0.25) is 4.79 Å². The fraction of sp³-hybridized carbons (Fsp3) is 0.538. The molecule has 0 aliphatic rings. The lowest BCUT2D eigenvalue weighted by atomic mass is 9.90. The number of amides is 1. The van der Waals surface area contributed by atoms with E-state index in [1.165, 1.54) is 6.20 Å². The summed E-state index contributed by atoms with van der Waals surface area (Å²) in [4.78, 5) is 16.0. The summed E-state index contributed by atoms with van der Waals surface area (Å²) in [5, 5.41) is 6.19. The van der Waals surface area contributed by atoms with Crippen LogP contribution in [0.25, 0.3) is 0 Å². The third-order valence-corrected chi connectivity index (χ3v) is 3.31. The highest BCUT2D eigenvalue weighted by Gasteiger charge is 2.17. The van der Waals surface area contributed by atoms with Gasteiger partial charge in [0.15, 0.2) is 0 Å². The molecule has 0 aliphatic carbocycles. The zero-order chi connectivity index (χ0) is 13.8. The summed E-state index contributed by atoms with van der Waals surface area (Å²) in [6.45, 7) is 6.96. The second-order valence-corrected chi connectivity index (χ2v) is 5.41. The van der Waals surface area contributed by atoms with Gasteiger partial charge < -0.3 is 10.6 Å². The van der Waals surface area contributed by atoms with Crippen molar-refractivity contribution in [1.82, 2.24) is 10.3 Å². The van der Waals surface area contributed by atoms with Gasteiger partial charge in [-0.2, -0.15) is 0 Å². The summed E-state index contributed by atoms with van der Waals surface area (Å²) < 4.78 is 0. The average Bonchev–Trinajstić information content (AvgIpc) is 2.36. The minimum absolute atomic E-state index is 0.0950. The Morgan fingerprint density at radius 1 is 1.50 bits per heavy atom. The van der Waals surface area contributed by atoms with Crippen molar-refractivity contribution in [2.45, 2.75) is 27.2 Å². The summed E-state index contributed by atoms with van der Waals surface area (Å²) in [6.07, 6.45) is 2.52. The van der Waals surface area contributed by atoms with Crippen LogP contribution in [-0.2, 0) is 0 Å².